The van der Waals surface area contributed by atoms with E-state index in [9.17, 15) is 0 Å². The number of halogens is 4. The van der Waals surface area contributed by atoms with Gasteiger partial charge in [-0.25, -0.2) is 0 Å². The Kier molecular flexibility index (Phi) is 11.7. The molecule has 0 radical (unpaired) electrons. The molecule has 0 heterocycles. The quantitative estimate of drug-likeness (QED) is 0.252. The normalized spacial score (nSPS) is 10.5. The van der Waals surface area contributed by atoms with E-state index in [-0.39, 0.29) is 15.6 Å². The van der Waals surface area contributed by atoms with Gasteiger partial charge in [-0.2, -0.15) is 0 Å². The van der Waals surface area contributed by atoms with Gasteiger partial charge in [0.1, 0.15) is 33.4 Å². The van der Waals surface area contributed by atoms with Gasteiger partial charge in [0.05, 0.1) is 12.8 Å². The van der Waals surface area contributed by atoms with Gasteiger partial charge in [0, 0.05) is 0 Å². The molecular formula is C18H21Cl4NO3. The van der Waals surface area contributed by atoms with Crippen molar-refractivity contribution in [3.05, 3.63) is 56.9 Å². The van der Waals surface area contributed by atoms with E-state index >= 15 is 0 Å². The Morgan fingerprint density at radius 1 is 0.962 bits per heavy atom. The maximum atomic E-state index is 5.78. The number of hydrogen-bond acceptors (Lipinski definition) is 4. The minimum atomic E-state index is 0.151. The van der Waals surface area contributed by atoms with Crippen LogP contribution in [0.1, 0.15) is 25.0 Å². The van der Waals surface area contributed by atoms with Gasteiger partial charge in [0.25, 0.3) is 0 Å². The topological polar surface area (TPSA) is 39.7 Å². The number of aryl methyl sites for hydroxylation is 2. The van der Waals surface area contributed by atoms with Crippen molar-refractivity contribution in [2.45, 2.75) is 26.7 Å². The molecule has 0 amide bonds. The fraction of sp³-hybridized carbons (Fsp3) is 0.333. The van der Waals surface area contributed by atoms with Crippen molar-refractivity contribution in [2.24, 2.45) is 0 Å². The molecule has 0 aromatic heterocycles. The highest BCUT2D eigenvalue weighted by molar-refractivity contribution is 6.56. The Morgan fingerprint density at radius 2 is 1.54 bits per heavy atom. The van der Waals surface area contributed by atoms with E-state index in [0.717, 1.165) is 35.5 Å². The summed E-state index contributed by atoms with van der Waals surface area (Å²) < 4.78 is 11.8. The van der Waals surface area contributed by atoms with E-state index in [4.69, 9.17) is 60.7 Å². The van der Waals surface area contributed by atoms with E-state index < -0.39 is 0 Å². The van der Waals surface area contributed by atoms with Gasteiger partial charge < -0.3 is 9.47 Å². The number of hydroxylamine groups is 1. The van der Waals surface area contributed by atoms with Gasteiger partial charge in [0.2, 0.25) is 0 Å². The van der Waals surface area contributed by atoms with E-state index in [1.54, 1.807) is 6.08 Å². The molecule has 0 fully saturated rings. The summed E-state index contributed by atoms with van der Waals surface area (Å²) >= 11 is 22.1. The van der Waals surface area contributed by atoms with Crippen LogP contribution in [0.4, 0.5) is 0 Å². The largest absolute Gasteiger partial charge is 0.489 e. The first-order valence-corrected chi connectivity index (χ1v) is 9.49. The third-order valence-electron chi connectivity index (χ3n) is 3.19. The van der Waals surface area contributed by atoms with Crippen LogP contribution in [0.15, 0.2) is 45.7 Å². The minimum absolute atomic E-state index is 0.151. The number of nitrogens with one attached hydrogen (secondary N) is 1. The highest BCUT2D eigenvalue weighted by Crippen LogP contribution is 2.31. The van der Waals surface area contributed by atoms with Gasteiger partial charge in [-0.3, -0.25) is 10.3 Å². The molecule has 0 aliphatic heterocycles. The lowest BCUT2D eigenvalue weighted by Gasteiger charge is -2.15. The second kappa shape index (κ2) is 13.2. The van der Waals surface area contributed by atoms with Crippen LogP contribution in [0.2, 0.25) is 0 Å². The Morgan fingerprint density at radius 3 is 2.08 bits per heavy atom. The van der Waals surface area contributed by atoms with Crippen molar-refractivity contribution < 1.29 is 14.3 Å². The first-order valence-electron chi connectivity index (χ1n) is 7.97. The fourth-order valence-corrected chi connectivity index (χ4v) is 2.27. The summed E-state index contributed by atoms with van der Waals surface area (Å²) in [7, 11) is 0. The molecule has 1 aromatic rings. The van der Waals surface area contributed by atoms with Crippen LogP contribution < -0.4 is 15.0 Å². The van der Waals surface area contributed by atoms with Crippen LogP contribution in [0.3, 0.4) is 0 Å². The first kappa shape index (κ1) is 23.0. The predicted octanol–water partition coefficient (Wildman–Crippen LogP) is 6.20. The van der Waals surface area contributed by atoms with Crippen molar-refractivity contribution in [1.82, 2.24) is 5.48 Å². The lowest BCUT2D eigenvalue weighted by Crippen LogP contribution is -2.07. The zero-order valence-electron chi connectivity index (χ0n) is 14.5. The first-order chi connectivity index (χ1) is 12.5. The van der Waals surface area contributed by atoms with Crippen LogP contribution in [0, 0.1) is 0 Å². The molecule has 0 aliphatic carbocycles. The molecule has 8 heteroatoms. The summed E-state index contributed by atoms with van der Waals surface area (Å²) in [5.74, 6) is 1.54. The van der Waals surface area contributed by atoms with Crippen LogP contribution in [-0.2, 0) is 17.7 Å². The molecule has 4 nitrogen and oxygen atoms in total. The second-order valence-electron chi connectivity index (χ2n) is 4.93. The average molecular weight is 441 g/mol. The van der Waals surface area contributed by atoms with Gasteiger partial charge in [-0.1, -0.05) is 60.3 Å². The monoisotopic (exact) mass is 439 g/mol. The molecule has 0 spiro atoms. The lowest BCUT2D eigenvalue weighted by molar-refractivity contribution is 0.0941. The Balaban J connectivity index is 2.74. The number of rotatable bonds is 11. The summed E-state index contributed by atoms with van der Waals surface area (Å²) in [6.07, 6.45) is 7.74. The molecule has 0 aliphatic rings. The number of hydrogen-bond donors (Lipinski definition) is 1. The second-order valence-corrected chi connectivity index (χ2v) is 6.94. The molecule has 0 atom stereocenters. The maximum Gasteiger partial charge on any atom is 0.133 e. The van der Waals surface area contributed by atoms with Crippen molar-refractivity contribution in [3.63, 3.8) is 0 Å². The Hall–Kier alpha value is -1.04. The summed E-state index contributed by atoms with van der Waals surface area (Å²) in [5, 5.41) is 0. The molecular weight excluding hydrogens is 420 g/mol. The SMILES string of the molecule is CCc1cc(OCC=C(Cl)Cl)cc(CC)c1OC=CNOCC=C(Cl)Cl. The molecule has 1 N–H and O–H groups in total. The molecule has 0 saturated heterocycles. The summed E-state index contributed by atoms with van der Waals surface area (Å²) in [5.41, 5.74) is 4.67. The zero-order chi connectivity index (χ0) is 19.4. The van der Waals surface area contributed by atoms with Crippen molar-refractivity contribution in [2.75, 3.05) is 13.2 Å². The maximum absolute atomic E-state index is 5.78. The molecule has 0 bridgehead atoms. The average Bonchev–Trinajstić information content (AvgIpc) is 2.60. The number of ether oxygens (including phenoxy) is 2. The van der Waals surface area contributed by atoms with Crippen LogP contribution in [-0.4, -0.2) is 13.2 Å². The highest BCUT2D eigenvalue weighted by Gasteiger charge is 2.10. The van der Waals surface area contributed by atoms with Crippen molar-refractivity contribution in [1.29, 1.82) is 0 Å². The third kappa shape index (κ3) is 9.06. The van der Waals surface area contributed by atoms with Gasteiger partial charge in [-0.05, 0) is 48.3 Å². The smallest absolute Gasteiger partial charge is 0.133 e. The highest BCUT2D eigenvalue weighted by atomic mass is 35.5. The third-order valence-corrected chi connectivity index (χ3v) is 3.81. The van der Waals surface area contributed by atoms with Gasteiger partial charge in [0.15, 0.2) is 0 Å². The van der Waals surface area contributed by atoms with Crippen LogP contribution >= 0.6 is 46.4 Å². The fourth-order valence-electron chi connectivity index (χ4n) is 2.01. The number of benzene rings is 1. The molecule has 1 aromatic carbocycles. The van der Waals surface area contributed by atoms with Crippen LogP contribution in [0.25, 0.3) is 0 Å². The molecule has 26 heavy (non-hydrogen) atoms. The van der Waals surface area contributed by atoms with Gasteiger partial charge in [-0.15, -0.1) is 0 Å². The molecule has 144 valence electrons. The van der Waals surface area contributed by atoms with Gasteiger partial charge >= 0.3 is 0 Å². The lowest BCUT2D eigenvalue weighted by atomic mass is 10.0. The van der Waals surface area contributed by atoms with Crippen LogP contribution in [0.5, 0.6) is 11.5 Å². The molecule has 1 rings (SSSR count). The molecule has 0 saturated carbocycles. The van der Waals surface area contributed by atoms with E-state index in [1.807, 2.05) is 26.0 Å². The Bertz CT molecular complexity index is 627. The van der Waals surface area contributed by atoms with E-state index in [0.29, 0.717) is 6.61 Å². The zero-order valence-corrected chi connectivity index (χ0v) is 17.6. The summed E-state index contributed by atoms with van der Waals surface area (Å²) in [6, 6.07) is 3.88. The Labute approximate surface area is 174 Å². The standard InChI is InChI=1S/C18H21Cl4NO3/c1-3-13-11-15(24-8-5-16(19)20)12-14(4-2)18(13)25-10-7-23-26-9-6-17(21)22/h5-7,10-12,23H,3-4,8-9H2,1-2H3. The van der Waals surface area contributed by atoms with Crippen molar-refractivity contribution in [3.8, 4) is 11.5 Å². The van der Waals surface area contributed by atoms with Crippen molar-refractivity contribution >= 4 is 46.4 Å². The molecule has 0 unspecified atom stereocenters. The predicted molar refractivity (Wildman–Crippen MR) is 109 cm³/mol. The van der Waals surface area contributed by atoms with E-state index in [1.165, 1.54) is 18.5 Å². The minimum Gasteiger partial charge on any atom is -0.489 e. The van der Waals surface area contributed by atoms with E-state index in [2.05, 4.69) is 5.48 Å². The summed E-state index contributed by atoms with van der Waals surface area (Å²) in [6.45, 7) is 4.64. The summed E-state index contributed by atoms with van der Waals surface area (Å²) in [4.78, 5) is 5.07.